The Labute approximate surface area is 143 Å². The summed E-state index contributed by atoms with van der Waals surface area (Å²) < 4.78 is 11.6. The number of pyridine rings is 1. The number of rotatable bonds is 4. The molecule has 2 fully saturated rings. The van der Waals surface area contributed by atoms with E-state index >= 15 is 0 Å². The second-order valence-corrected chi connectivity index (χ2v) is 6.65. The zero-order valence-electron chi connectivity index (χ0n) is 14.6. The quantitative estimate of drug-likeness (QED) is 0.918. The van der Waals surface area contributed by atoms with Crippen LogP contribution < -0.4 is 5.32 Å². The molecule has 2 saturated heterocycles. The summed E-state index contributed by atoms with van der Waals surface area (Å²) in [7, 11) is 0. The van der Waals surface area contributed by atoms with Crippen molar-refractivity contribution in [1.82, 2.24) is 15.2 Å². The molecule has 1 aromatic rings. The van der Waals surface area contributed by atoms with E-state index in [4.69, 9.17) is 9.47 Å². The molecule has 2 aliphatic heterocycles. The van der Waals surface area contributed by atoms with E-state index in [0.29, 0.717) is 26.3 Å². The molecule has 0 radical (unpaired) electrons. The molecule has 0 aromatic carbocycles. The number of aromatic nitrogens is 1. The van der Waals surface area contributed by atoms with Crippen molar-refractivity contribution in [3.63, 3.8) is 0 Å². The van der Waals surface area contributed by atoms with Gasteiger partial charge in [0.1, 0.15) is 0 Å². The predicted molar refractivity (Wildman–Crippen MR) is 90.5 cm³/mol. The summed E-state index contributed by atoms with van der Waals surface area (Å²) in [5, 5.41) is 3.04. The van der Waals surface area contributed by atoms with Crippen molar-refractivity contribution in [2.45, 2.75) is 45.4 Å². The van der Waals surface area contributed by atoms with Crippen molar-refractivity contribution in [3.05, 3.63) is 29.6 Å². The van der Waals surface area contributed by atoms with Gasteiger partial charge in [0.2, 0.25) is 0 Å². The monoisotopic (exact) mass is 333 g/mol. The molecule has 3 heterocycles. The van der Waals surface area contributed by atoms with Crippen molar-refractivity contribution in [3.8, 4) is 0 Å². The zero-order valence-corrected chi connectivity index (χ0v) is 14.6. The minimum Gasteiger partial charge on any atom is -0.347 e. The molecule has 2 amide bonds. The van der Waals surface area contributed by atoms with E-state index in [0.717, 1.165) is 31.4 Å². The van der Waals surface area contributed by atoms with E-state index in [1.165, 1.54) is 5.56 Å². The van der Waals surface area contributed by atoms with Gasteiger partial charge in [0.25, 0.3) is 0 Å². The zero-order chi connectivity index (χ0) is 17.0. The molecule has 0 aliphatic carbocycles. The maximum absolute atomic E-state index is 12.6. The fourth-order valence-corrected chi connectivity index (χ4v) is 3.59. The molecule has 1 N–H and O–H groups in total. The fraction of sp³-hybridized carbons (Fsp3) is 0.667. The number of likely N-dealkylation sites (tertiary alicyclic amines) is 1. The normalized spacial score (nSPS) is 23.2. The van der Waals surface area contributed by atoms with Crippen LogP contribution in [0.15, 0.2) is 18.5 Å². The highest BCUT2D eigenvalue weighted by molar-refractivity contribution is 5.74. The number of carbonyl (C=O) groups excluding carboxylic acids is 1. The highest BCUT2D eigenvalue weighted by Crippen LogP contribution is 2.34. The summed E-state index contributed by atoms with van der Waals surface area (Å²) >= 11 is 0. The topological polar surface area (TPSA) is 63.7 Å². The van der Waals surface area contributed by atoms with Gasteiger partial charge in [-0.25, -0.2) is 4.79 Å². The predicted octanol–water partition coefficient (Wildman–Crippen LogP) is 2.33. The molecular formula is C18H27N3O3. The number of aryl methyl sites for hydroxylation is 1. The van der Waals surface area contributed by atoms with Crippen molar-refractivity contribution >= 4 is 6.03 Å². The summed E-state index contributed by atoms with van der Waals surface area (Å²) in [5.41, 5.74) is 2.30. The highest BCUT2D eigenvalue weighted by atomic mass is 16.7. The Morgan fingerprint density at radius 3 is 2.96 bits per heavy atom. The van der Waals surface area contributed by atoms with E-state index in [2.05, 4.69) is 17.2 Å². The van der Waals surface area contributed by atoms with Gasteiger partial charge in [-0.1, -0.05) is 6.92 Å². The number of nitrogens with one attached hydrogen (secondary N) is 1. The van der Waals surface area contributed by atoms with E-state index < -0.39 is 5.79 Å². The molecular weight excluding hydrogens is 306 g/mol. The van der Waals surface area contributed by atoms with Crippen LogP contribution in [0.25, 0.3) is 0 Å². The van der Waals surface area contributed by atoms with Gasteiger partial charge in [-0.05, 0) is 43.4 Å². The van der Waals surface area contributed by atoms with E-state index in [-0.39, 0.29) is 11.9 Å². The summed E-state index contributed by atoms with van der Waals surface area (Å²) in [6, 6.07) is 1.96. The Morgan fingerprint density at radius 2 is 2.21 bits per heavy atom. The summed E-state index contributed by atoms with van der Waals surface area (Å²) in [5.74, 6) is -0.314. The average molecular weight is 333 g/mol. The molecule has 132 valence electrons. The molecule has 24 heavy (non-hydrogen) atoms. The van der Waals surface area contributed by atoms with Gasteiger partial charge in [0.05, 0.1) is 13.2 Å². The standard InChI is InChI=1S/C18H27N3O3/c1-3-14-11-19-7-6-15(14)12-20-17(22)21-8-4-5-16(13-21)18(2)23-9-10-24-18/h6-7,11,16H,3-5,8-10,12-13H2,1-2H3,(H,20,22)/t16-/m1/s1. The first kappa shape index (κ1) is 17.2. The van der Waals surface area contributed by atoms with Crippen molar-refractivity contribution < 1.29 is 14.3 Å². The van der Waals surface area contributed by atoms with Gasteiger partial charge in [-0.15, -0.1) is 0 Å². The SMILES string of the molecule is CCc1cnccc1CNC(=O)N1CCC[C@@H](C2(C)OCCO2)C1. The number of ether oxygens (including phenoxy) is 2. The maximum atomic E-state index is 12.6. The second-order valence-electron chi connectivity index (χ2n) is 6.65. The van der Waals surface area contributed by atoms with Crippen LogP contribution in [0.4, 0.5) is 4.79 Å². The molecule has 0 bridgehead atoms. The van der Waals surface area contributed by atoms with Gasteiger partial charge >= 0.3 is 6.03 Å². The van der Waals surface area contributed by atoms with Gasteiger partial charge in [0, 0.05) is 37.9 Å². The first-order chi connectivity index (χ1) is 11.6. The van der Waals surface area contributed by atoms with E-state index in [1.54, 1.807) is 6.20 Å². The smallest absolute Gasteiger partial charge is 0.317 e. The minimum atomic E-state index is -0.542. The van der Waals surface area contributed by atoms with Crippen molar-refractivity contribution in [1.29, 1.82) is 0 Å². The molecule has 6 nitrogen and oxygen atoms in total. The molecule has 6 heteroatoms. The minimum absolute atomic E-state index is 0.0137. The molecule has 1 atom stereocenters. The third-order valence-electron chi connectivity index (χ3n) is 5.13. The molecule has 2 aliphatic rings. The Morgan fingerprint density at radius 1 is 1.42 bits per heavy atom. The third-order valence-corrected chi connectivity index (χ3v) is 5.13. The lowest BCUT2D eigenvalue weighted by Crippen LogP contribution is -2.51. The molecule has 3 rings (SSSR count). The van der Waals surface area contributed by atoms with Crippen molar-refractivity contribution in [2.24, 2.45) is 5.92 Å². The number of nitrogens with zero attached hydrogens (tertiary/aromatic N) is 2. The van der Waals surface area contributed by atoms with Crippen LogP contribution in [0, 0.1) is 5.92 Å². The Hall–Kier alpha value is -1.66. The third kappa shape index (κ3) is 3.70. The maximum Gasteiger partial charge on any atom is 0.317 e. The van der Waals surface area contributed by atoms with Crippen LogP contribution in [0.1, 0.15) is 37.8 Å². The van der Waals surface area contributed by atoms with Crippen molar-refractivity contribution in [2.75, 3.05) is 26.3 Å². The van der Waals surface area contributed by atoms with E-state index in [1.807, 2.05) is 24.1 Å². The average Bonchev–Trinajstić information content (AvgIpc) is 3.08. The van der Waals surface area contributed by atoms with E-state index in [9.17, 15) is 4.79 Å². The van der Waals surface area contributed by atoms with Crippen LogP contribution in [0.2, 0.25) is 0 Å². The Balaban J connectivity index is 1.56. The molecule has 0 saturated carbocycles. The lowest BCUT2D eigenvalue weighted by Gasteiger charge is -2.39. The summed E-state index contributed by atoms with van der Waals surface area (Å²) in [6.07, 6.45) is 6.57. The number of hydrogen-bond donors (Lipinski definition) is 1. The van der Waals surface area contributed by atoms with Gasteiger partial charge in [-0.3, -0.25) is 4.98 Å². The van der Waals surface area contributed by atoms with Crippen LogP contribution in [0.3, 0.4) is 0 Å². The second kappa shape index (κ2) is 7.49. The Kier molecular flexibility index (Phi) is 5.36. The summed E-state index contributed by atoms with van der Waals surface area (Å²) in [6.45, 7) is 7.38. The van der Waals surface area contributed by atoms with Gasteiger partial charge in [0.15, 0.2) is 5.79 Å². The number of carbonyl (C=O) groups is 1. The molecule has 0 spiro atoms. The number of urea groups is 1. The van der Waals surface area contributed by atoms with Gasteiger partial charge in [-0.2, -0.15) is 0 Å². The summed E-state index contributed by atoms with van der Waals surface area (Å²) in [4.78, 5) is 18.6. The number of amides is 2. The molecule has 1 aromatic heterocycles. The number of hydrogen-bond acceptors (Lipinski definition) is 4. The molecule has 0 unspecified atom stereocenters. The largest absolute Gasteiger partial charge is 0.347 e. The highest BCUT2D eigenvalue weighted by Gasteiger charge is 2.42. The van der Waals surface area contributed by atoms with Crippen LogP contribution in [-0.2, 0) is 22.4 Å². The Bertz CT molecular complexity index is 572. The van der Waals surface area contributed by atoms with Crippen LogP contribution in [0.5, 0.6) is 0 Å². The van der Waals surface area contributed by atoms with Crippen LogP contribution >= 0.6 is 0 Å². The number of piperidine rings is 1. The lowest BCUT2D eigenvalue weighted by molar-refractivity contribution is -0.189. The first-order valence-electron chi connectivity index (χ1n) is 8.85. The van der Waals surface area contributed by atoms with Crippen LogP contribution in [-0.4, -0.2) is 48.0 Å². The van der Waals surface area contributed by atoms with Gasteiger partial charge < -0.3 is 19.7 Å². The fourth-order valence-electron chi connectivity index (χ4n) is 3.59. The first-order valence-corrected chi connectivity index (χ1v) is 8.85. The lowest BCUT2D eigenvalue weighted by atomic mass is 9.90.